The lowest BCUT2D eigenvalue weighted by Gasteiger charge is -2.08. The van der Waals surface area contributed by atoms with Crippen LogP contribution >= 0.6 is 11.3 Å². The van der Waals surface area contributed by atoms with E-state index in [0.29, 0.717) is 16.7 Å². The second-order valence-electron chi connectivity index (χ2n) is 3.91. The van der Waals surface area contributed by atoms with Crippen LogP contribution in [0.1, 0.15) is 0 Å². The molecule has 0 aliphatic carbocycles. The van der Waals surface area contributed by atoms with Crippen LogP contribution in [0.5, 0.6) is 5.75 Å². The van der Waals surface area contributed by atoms with Crippen molar-refractivity contribution in [1.29, 1.82) is 0 Å². The first-order chi connectivity index (χ1) is 8.68. The molecule has 0 amide bonds. The van der Waals surface area contributed by atoms with Gasteiger partial charge in [-0.2, -0.15) is 4.39 Å². The maximum Gasteiger partial charge on any atom is 0.187 e. The topological polar surface area (TPSA) is 20.2 Å². The first-order valence-electron chi connectivity index (χ1n) is 5.32. The molecule has 3 aromatic rings. The highest BCUT2D eigenvalue weighted by atomic mass is 32.1. The Morgan fingerprint density at radius 1 is 0.944 bits per heavy atom. The number of aromatic hydroxyl groups is 1. The zero-order chi connectivity index (χ0) is 12.7. The van der Waals surface area contributed by atoms with Gasteiger partial charge in [0.05, 0.1) is 5.56 Å². The predicted molar refractivity (Wildman–Crippen MR) is 68.8 cm³/mol. The van der Waals surface area contributed by atoms with Gasteiger partial charge in [-0.05, 0) is 16.8 Å². The van der Waals surface area contributed by atoms with Crippen molar-refractivity contribution >= 4 is 22.1 Å². The number of phenolic OH excluding ortho intramolecular Hbond substituents is 1. The van der Waals surface area contributed by atoms with E-state index in [1.54, 1.807) is 18.2 Å². The SMILES string of the molecule is Oc1ccc2ccccc2c1-c1c(F)csc1F. The van der Waals surface area contributed by atoms with Crippen LogP contribution in [0, 0.1) is 10.9 Å². The summed E-state index contributed by atoms with van der Waals surface area (Å²) in [5, 5.41) is 11.8. The van der Waals surface area contributed by atoms with Crippen molar-refractivity contribution in [3.8, 4) is 16.9 Å². The zero-order valence-corrected chi connectivity index (χ0v) is 9.97. The molecule has 2 aromatic carbocycles. The molecular weight excluding hydrogens is 254 g/mol. The normalized spacial score (nSPS) is 11.0. The highest BCUT2D eigenvalue weighted by molar-refractivity contribution is 7.08. The molecule has 0 radical (unpaired) electrons. The summed E-state index contributed by atoms with van der Waals surface area (Å²) in [5.41, 5.74) is 0.0543. The molecule has 1 N–H and O–H groups in total. The van der Waals surface area contributed by atoms with Gasteiger partial charge in [0, 0.05) is 10.9 Å². The highest BCUT2D eigenvalue weighted by Crippen LogP contribution is 2.40. The summed E-state index contributed by atoms with van der Waals surface area (Å²) in [4.78, 5) is 0. The first kappa shape index (κ1) is 11.2. The standard InChI is InChI=1S/C14H8F2OS/c15-10-7-18-14(16)13(10)12-9-4-2-1-3-8(9)5-6-11(12)17/h1-7,17H. The molecule has 0 atom stereocenters. The molecule has 0 spiro atoms. The number of thiophene rings is 1. The van der Waals surface area contributed by atoms with Crippen LogP contribution in [0.25, 0.3) is 21.9 Å². The third-order valence-corrected chi connectivity index (χ3v) is 3.59. The van der Waals surface area contributed by atoms with Gasteiger partial charge < -0.3 is 5.11 Å². The van der Waals surface area contributed by atoms with E-state index in [9.17, 15) is 13.9 Å². The third-order valence-electron chi connectivity index (χ3n) is 2.86. The molecule has 90 valence electrons. The Bertz CT molecular complexity index is 714. The molecule has 0 bridgehead atoms. The van der Waals surface area contributed by atoms with Gasteiger partial charge in [-0.1, -0.05) is 30.3 Å². The van der Waals surface area contributed by atoms with E-state index in [0.717, 1.165) is 10.8 Å². The Kier molecular flexibility index (Phi) is 2.52. The molecule has 18 heavy (non-hydrogen) atoms. The monoisotopic (exact) mass is 262 g/mol. The molecule has 1 heterocycles. The Balaban J connectivity index is 2.45. The van der Waals surface area contributed by atoms with Gasteiger partial charge in [0.15, 0.2) is 5.13 Å². The van der Waals surface area contributed by atoms with Gasteiger partial charge in [0.1, 0.15) is 11.6 Å². The van der Waals surface area contributed by atoms with Crippen LogP contribution < -0.4 is 0 Å². The van der Waals surface area contributed by atoms with Crippen LogP contribution in [0.15, 0.2) is 41.8 Å². The van der Waals surface area contributed by atoms with Gasteiger partial charge >= 0.3 is 0 Å². The van der Waals surface area contributed by atoms with Crippen molar-refractivity contribution in [2.75, 3.05) is 0 Å². The Morgan fingerprint density at radius 2 is 1.72 bits per heavy atom. The molecule has 3 rings (SSSR count). The fourth-order valence-electron chi connectivity index (χ4n) is 2.06. The van der Waals surface area contributed by atoms with E-state index < -0.39 is 10.9 Å². The number of hydrogen-bond acceptors (Lipinski definition) is 2. The fraction of sp³-hybridized carbons (Fsp3) is 0. The van der Waals surface area contributed by atoms with Gasteiger partial charge in [-0.25, -0.2) is 4.39 Å². The van der Waals surface area contributed by atoms with Crippen molar-refractivity contribution < 1.29 is 13.9 Å². The molecular formula is C14H8F2OS. The quantitative estimate of drug-likeness (QED) is 0.682. The molecule has 0 fully saturated rings. The number of phenols is 1. The highest BCUT2D eigenvalue weighted by Gasteiger charge is 2.19. The number of fused-ring (bicyclic) bond motifs is 1. The number of rotatable bonds is 1. The average molecular weight is 262 g/mol. The van der Waals surface area contributed by atoms with Crippen molar-refractivity contribution in [3.63, 3.8) is 0 Å². The lowest BCUT2D eigenvalue weighted by atomic mass is 9.99. The van der Waals surface area contributed by atoms with E-state index in [2.05, 4.69) is 0 Å². The summed E-state index contributed by atoms with van der Waals surface area (Å²) < 4.78 is 27.3. The Morgan fingerprint density at radius 3 is 2.44 bits per heavy atom. The fourth-order valence-corrected chi connectivity index (χ4v) is 2.70. The Labute approximate surface area is 106 Å². The predicted octanol–water partition coefficient (Wildman–Crippen LogP) is 4.55. The minimum atomic E-state index is -0.649. The molecule has 0 saturated carbocycles. The first-order valence-corrected chi connectivity index (χ1v) is 6.20. The number of hydrogen-bond donors (Lipinski definition) is 1. The van der Waals surface area contributed by atoms with Gasteiger partial charge in [-0.15, -0.1) is 11.3 Å². The number of benzene rings is 2. The van der Waals surface area contributed by atoms with Crippen LogP contribution in [0.4, 0.5) is 8.78 Å². The maximum absolute atomic E-state index is 13.7. The lowest BCUT2D eigenvalue weighted by molar-refractivity contribution is 0.477. The third kappa shape index (κ3) is 1.57. The zero-order valence-electron chi connectivity index (χ0n) is 9.15. The van der Waals surface area contributed by atoms with E-state index in [1.165, 1.54) is 6.07 Å². The maximum atomic E-state index is 13.7. The molecule has 0 aliphatic rings. The molecule has 1 nitrogen and oxygen atoms in total. The van der Waals surface area contributed by atoms with Crippen molar-refractivity contribution in [1.82, 2.24) is 0 Å². The van der Waals surface area contributed by atoms with Crippen molar-refractivity contribution in [2.24, 2.45) is 0 Å². The van der Waals surface area contributed by atoms with Crippen LogP contribution in [-0.4, -0.2) is 5.11 Å². The molecule has 4 heteroatoms. The van der Waals surface area contributed by atoms with Gasteiger partial charge in [0.25, 0.3) is 0 Å². The summed E-state index contributed by atoms with van der Waals surface area (Å²) in [5.74, 6) is -0.769. The summed E-state index contributed by atoms with van der Waals surface area (Å²) in [7, 11) is 0. The van der Waals surface area contributed by atoms with Crippen molar-refractivity contribution in [3.05, 3.63) is 52.7 Å². The van der Waals surface area contributed by atoms with Crippen molar-refractivity contribution in [2.45, 2.75) is 0 Å². The van der Waals surface area contributed by atoms with E-state index in [4.69, 9.17) is 0 Å². The molecule has 0 unspecified atom stereocenters. The second-order valence-corrected chi connectivity index (χ2v) is 4.74. The molecule has 0 aliphatic heterocycles. The molecule has 1 aromatic heterocycles. The largest absolute Gasteiger partial charge is 0.507 e. The van der Waals surface area contributed by atoms with Gasteiger partial charge in [-0.3, -0.25) is 0 Å². The van der Waals surface area contributed by atoms with Crippen LogP contribution in [-0.2, 0) is 0 Å². The summed E-state index contributed by atoms with van der Waals surface area (Å²) in [6.45, 7) is 0. The van der Waals surface area contributed by atoms with Crippen LogP contribution in [0.3, 0.4) is 0 Å². The summed E-state index contributed by atoms with van der Waals surface area (Å²) in [6, 6.07) is 10.4. The minimum absolute atomic E-state index is 0.120. The Hall–Kier alpha value is -1.94. The minimum Gasteiger partial charge on any atom is -0.507 e. The summed E-state index contributed by atoms with van der Waals surface area (Å²) in [6.07, 6.45) is 0. The van der Waals surface area contributed by atoms with Crippen LogP contribution in [0.2, 0.25) is 0 Å². The van der Waals surface area contributed by atoms with E-state index in [1.807, 2.05) is 12.1 Å². The van der Waals surface area contributed by atoms with E-state index in [-0.39, 0.29) is 16.9 Å². The second kappa shape index (κ2) is 4.07. The summed E-state index contributed by atoms with van der Waals surface area (Å²) >= 11 is 0.690. The average Bonchev–Trinajstić information content (AvgIpc) is 2.70. The number of halogens is 2. The lowest BCUT2D eigenvalue weighted by Crippen LogP contribution is -1.86. The van der Waals surface area contributed by atoms with Gasteiger partial charge in [0.2, 0.25) is 0 Å². The molecule has 0 saturated heterocycles. The van der Waals surface area contributed by atoms with E-state index >= 15 is 0 Å². The smallest absolute Gasteiger partial charge is 0.187 e.